The molecule has 0 bridgehead atoms. The Bertz CT molecular complexity index is 155. The van der Waals surface area contributed by atoms with Gasteiger partial charge in [-0.3, -0.25) is 0 Å². The Labute approximate surface area is 118 Å². The van der Waals surface area contributed by atoms with Gasteiger partial charge in [-0.05, 0) is 12.8 Å². The second-order valence-electron chi connectivity index (χ2n) is 5.18. The first-order valence-corrected chi connectivity index (χ1v) is 8.26. The van der Waals surface area contributed by atoms with Gasteiger partial charge >= 0.3 is 0 Å². The van der Waals surface area contributed by atoms with E-state index in [4.69, 9.17) is 23.2 Å². The second kappa shape index (κ2) is 11.7. The van der Waals surface area contributed by atoms with E-state index < -0.39 is 4.33 Å². The summed E-state index contributed by atoms with van der Waals surface area (Å²) >= 11 is 12.6. The summed E-state index contributed by atoms with van der Waals surface area (Å²) in [5, 5.41) is 0. The molecule has 0 unspecified atom stereocenters. The average molecular weight is 281 g/mol. The van der Waals surface area contributed by atoms with Gasteiger partial charge in [0.15, 0.2) is 0 Å². The number of halogens is 2. The SMILES string of the molecule is CCCCCCCCCC(Cl)(Cl)CCCCC. The van der Waals surface area contributed by atoms with E-state index in [1.807, 2.05) is 0 Å². The van der Waals surface area contributed by atoms with Gasteiger partial charge in [-0.25, -0.2) is 0 Å². The molecule has 0 amide bonds. The average Bonchev–Trinajstić information content (AvgIpc) is 2.28. The van der Waals surface area contributed by atoms with Gasteiger partial charge in [0.25, 0.3) is 0 Å². The summed E-state index contributed by atoms with van der Waals surface area (Å²) in [5.41, 5.74) is 0. The third-order valence-corrected chi connectivity index (χ3v) is 4.05. The van der Waals surface area contributed by atoms with Crippen molar-refractivity contribution in [2.24, 2.45) is 0 Å². The van der Waals surface area contributed by atoms with Crippen molar-refractivity contribution in [2.45, 2.75) is 95.2 Å². The monoisotopic (exact) mass is 280 g/mol. The highest BCUT2D eigenvalue weighted by Crippen LogP contribution is 2.33. The maximum Gasteiger partial charge on any atom is 0.118 e. The summed E-state index contributed by atoms with van der Waals surface area (Å²) < 4.78 is -0.460. The van der Waals surface area contributed by atoms with E-state index in [0.29, 0.717) is 0 Å². The molecule has 2 heteroatoms. The van der Waals surface area contributed by atoms with Crippen molar-refractivity contribution in [3.05, 3.63) is 0 Å². The highest BCUT2D eigenvalue weighted by Gasteiger charge is 2.22. The molecule has 0 atom stereocenters. The molecule has 0 N–H and O–H groups in total. The highest BCUT2D eigenvalue weighted by atomic mass is 35.5. The van der Waals surface area contributed by atoms with E-state index in [1.165, 1.54) is 64.2 Å². The van der Waals surface area contributed by atoms with E-state index in [9.17, 15) is 0 Å². The van der Waals surface area contributed by atoms with E-state index in [0.717, 1.165) is 12.8 Å². The van der Waals surface area contributed by atoms with Crippen molar-refractivity contribution in [1.82, 2.24) is 0 Å². The van der Waals surface area contributed by atoms with Crippen molar-refractivity contribution >= 4 is 23.2 Å². The zero-order valence-electron chi connectivity index (χ0n) is 11.7. The van der Waals surface area contributed by atoms with Gasteiger partial charge in [-0.15, -0.1) is 23.2 Å². The van der Waals surface area contributed by atoms with Crippen LogP contribution in [-0.2, 0) is 0 Å². The molecule has 0 aliphatic heterocycles. The maximum atomic E-state index is 6.30. The van der Waals surface area contributed by atoms with Gasteiger partial charge in [0.05, 0.1) is 0 Å². The minimum atomic E-state index is -0.460. The molecule has 0 saturated carbocycles. The molecule has 0 saturated heterocycles. The number of alkyl halides is 2. The van der Waals surface area contributed by atoms with Gasteiger partial charge in [0, 0.05) is 0 Å². The third kappa shape index (κ3) is 12.8. The Morgan fingerprint density at radius 2 is 0.941 bits per heavy atom. The van der Waals surface area contributed by atoms with E-state index in [1.54, 1.807) is 0 Å². The molecule has 0 aliphatic carbocycles. The molecular formula is C15H30Cl2. The van der Waals surface area contributed by atoms with Crippen LogP contribution in [0.4, 0.5) is 0 Å². The fraction of sp³-hybridized carbons (Fsp3) is 1.00. The largest absolute Gasteiger partial charge is 0.118 e. The molecule has 0 radical (unpaired) electrons. The van der Waals surface area contributed by atoms with Crippen LogP contribution in [0.2, 0.25) is 0 Å². The molecule has 0 aromatic heterocycles. The molecule has 0 spiro atoms. The Morgan fingerprint density at radius 1 is 0.588 bits per heavy atom. The first-order chi connectivity index (χ1) is 8.12. The molecule has 0 nitrogen and oxygen atoms in total. The first-order valence-electron chi connectivity index (χ1n) is 7.50. The number of hydrogen-bond acceptors (Lipinski definition) is 0. The van der Waals surface area contributed by atoms with Crippen LogP contribution < -0.4 is 0 Å². The van der Waals surface area contributed by atoms with E-state index in [2.05, 4.69) is 13.8 Å². The molecule has 0 aromatic rings. The highest BCUT2D eigenvalue weighted by molar-refractivity contribution is 6.48. The van der Waals surface area contributed by atoms with Crippen molar-refractivity contribution in [3.8, 4) is 0 Å². The molecule has 17 heavy (non-hydrogen) atoms. The summed E-state index contributed by atoms with van der Waals surface area (Å²) in [6.45, 7) is 4.46. The predicted octanol–water partition coefficient (Wildman–Crippen LogP) is 6.88. The Morgan fingerprint density at radius 3 is 1.47 bits per heavy atom. The van der Waals surface area contributed by atoms with Crippen LogP contribution in [0.5, 0.6) is 0 Å². The van der Waals surface area contributed by atoms with Crippen LogP contribution in [0.1, 0.15) is 90.9 Å². The minimum absolute atomic E-state index is 0.460. The Hall–Kier alpha value is 0.580. The second-order valence-corrected chi connectivity index (χ2v) is 6.82. The fourth-order valence-electron chi connectivity index (χ4n) is 2.10. The summed E-state index contributed by atoms with van der Waals surface area (Å²) in [6, 6.07) is 0. The fourth-order valence-corrected chi connectivity index (χ4v) is 2.63. The van der Waals surface area contributed by atoms with Crippen LogP contribution in [0.3, 0.4) is 0 Å². The summed E-state index contributed by atoms with van der Waals surface area (Å²) in [5.74, 6) is 0. The van der Waals surface area contributed by atoms with Gasteiger partial charge in [-0.2, -0.15) is 0 Å². The molecule has 0 fully saturated rings. The molecule has 0 aromatic carbocycles. The smallest absolute Gasteiger partial charge is 0.102 e. The van der Waals surface area contributed by atoms with Crippen LogP contribution >= 0.6 is 23.2 Å². The Kier molecular flexibility index (Phi) is 12.1. The maximum absolute atomic E-state index is 6.30. The lowest BCUT2D eigenvalue weighted by molar-refractivity contribution is 0.524. The van der Waals surface area contributed by atoms with Crippen LogP contribution in [-0.4, -0.2) is 4.33 Å². The molecule has 0 rings (SSSR count). The summed E-state index contributed by atoms with van der Waals surface area (Å²) in [4.78, 5) is 0. The standard InChI is InChI=1S/C15H30Cl2/c1-3-5-7-8-9-10-12-14-15(16,17)13-11-6-4-2/h3-14H2,1-2H3. The van der Waals surface area contributed by atoms with Crippen molar-refractivity contribution in [2.75, 3.05) is 0 Å². The number of unbranched alkanes of at least 4 members (excludes halogenated alkanes) is 8. The number of rotatable bonds is 12. The molecule has 104 valence electrons. The number of hydrogen-bond donors (Lipinski definition) is 0. The summed E-state index contributed by atoms with van der Waals surface area (Å²) in [6.07, 6.45) is 14.9. The normalized spacial score (nSPS) is 12.0. The van der Waals surface area contributed by atoms with Crippen LogP contribution in [0, 0.1) is 0 Å². The van der Waals surface area contributed by atoms with Crippen LogP contribution in [0.15, 0.2) is 0 Å². The van der Waals surface area contributed by atoms with Gasteiger partial charge in [0.2, 0.25) is 0 Å². The van der Waals surface area contributed by atoms with E-state index in [-0.39, 0.29) is 0 Å². The summed E-state index contributed by atoms with van der Waals surface area (Å²) in [7, 11) is 0. The topological polar surface area (TPSA) is 0 Å². The van der Waals surface area contributed by atoms with E-state index >= 15 is 0 Å². The first kappa shape index (κ1) is 17.6. The van der Waals surface area contributed by atoms with Crippen LogP contribution in [0.25, 0.3) is 0 Å². The third-order valence-electron chi connectivity index (χ3n) is 3.29. The van der Waals surface area contributed by atoms with Gasteiger partial charge in [0.1, 0.15) is 4.33 Å². The predicted molar refractivity (Wildman–Crippen MR) is 81.2 cm³/mol. The zero-order chi connectivity index (χ0) is 13.0. The van der Waals surface area contributed by atoms with Crippen molar-refractivity contribution < 1.29 is 0 Å². The lowest BCUT2D eigenvalue weighted by atomic mass is 10.0. The van der Waals surface area contributed by atoms with Crippen molar-refractivity contribution in [1.29, 1.82) is 0 Å². The molecule has 0 heterocycles. The minimum Gasteiger partial charge on any atom is -0.102 e. The quantitative estimate of drug-likeness (QED) is 0.270. The Balaban J connectivity index is 3.32. The lowest BCUT2D eigenvalue weighted by Crippen LogP contribution is -2.12. The van der Waals surface area contributed by atoms with Gasteiger partial charge < -0.3 is 0 Å². The lowest BCUT2D eigenvalue weighted by Gasteiger charge is -2.19. The molecular weight excluding hydrogens is 251 g/mol. The van der Waals surface area contributed by atoms with Crippen molar-refractivity contribution in [3.63, 3.8) is 0 Å². The molecule has 0 aliphatic rings. The zero-order valence-corrected chi connectivity index (χ0v) is 13.3. The van der Waals surface area contributed by atoms with Gasteiger partial charge in [-0.1, -0.05) is 78.1 Å².